The molecule has 0 bridgehead atoms. The van der Waals surface area contributed by atoms with Crippen molar-refractivity contribution in [2.45, 2.75) is 37.2 Å². The largest absolute Gasteiger partial charge is 0.324 e. The number of para-hydroxylation sites is 1. The lowest BCUT2D eigenvalue weighted by atomic mass is 10.1. The Bertz CT molecular complexity index is 994. The van der Waals surface area contributed by atoms with Gasteiger partial charge in [0.15, 0.2) is 5.16 Å². The van der Waals surface area contributed by atoms with Crippen molar-refractivity contribution in [2.24, 2.45) is 0 Å². The predicted molar refractivity (Wildman–Crippen MR) is 110 cm³/mol. The van der Waals surface area contributed by atoms with Crippen molar-refractivity contribution in [3.63, 3.8) is 0 Å². The summed E-state index contributed by atoms with van der Waals surface area (Å²) in [5.41, 5.74) is 2.12. The van der Waals surface area contributed by atoms with Gasteiger partial charge in [-0.05, 0) is 31.5 Å². The first-order valence-electron chi connectivity index (χ1n) is 9.05. The van der Waals surface area contributed by atoms with Crippen LogP contribution in [0.1, 0.15) is 30.8 Å². The van der Waals surface area contributed by atoms with Crippen LogP contribution in [0.15, 0.2) is 59.8 Å². The molecule has 1 N–H and O–H groups in total. The molecule has 0 saturated heterocycles. The van der Waals surface area contributed by atoms with Crippen LogP contribution in [-0.2, 0) is 17.8 Å². The van der Waals surface area contributed by atoms with Crippen molar-refractivity contribution in [1.29, 1.82) is 5.26 Å². The number of anilines is 1. The first-order chi connectivity index (χ1) is 13.6. The third-order valence-corrected chi connectivity index (χ3v) is 5.35. The number of rotatable bonds is 7. The van der Waals surface area contributed by atoms with Crippen molar-refractivity contribution >= 4 is 23.4 Å². The van der Waals surface area contributed by atoms with E-state index in [0.717, 1.165) is 12.4 Å². The zero-order valence-electron chi connectivity index (χ0n) is 15.8. The Morgan fingerprint density at radius 3 is 2.61 bits per heavy atom. The predicted octanol–water partition coefficient (Wildman–Crippen LogP) is 3.88. The van der Waals surface area contributed by atoms with Gasteiger partial charge in [0, 0.05) is 13.0 Å². The Balaban J connectivity index is 1.70. The van der Waals surface area contributed by atoms with Crippen molar-refractivity contribution in [1.82, 2.24) is 14.8 Å². The van der Waals surface area contributed by atoms with E-state index in [-0.39, 0.29) is 11.2 Å². The minimum absolute atomic E-state index is 0.178. The van der Waals surface area contributed by atoms with E-state index in [1.807, 2.05) is 36.6 Å². The average Bonchev–Trinajstić information content (AvgIpc) is 3.10. The molecule has 1 amide bonds. The monoisotopic (exact) mass is 391 g/mol. The molecule has 0 saturated carbocycles. The summed E-state index contributed by atoms with van der Waals surface area (Å²) in [4.78, 5) is 12.6. The second-order valence-corrected chi connectivity index (χ2v) is 7.52. The highest BCUT2D eigenvalue weighted by Crippen LogP contribution is 2.25. The molecule has 3 rings (SSSR count). The van der Waals surface area contributed by atoms with Crippen LogP contribution in [0.2, 0.25) is 0 Å². The summed E-state index contributed by atoms with van der Waals surface area (Å²) in [7, 11) is 0. The summed E-state index contributed by atoms with van der Waals surface area (Å²) < 4.78 is 2.03. The average molecular weight is 392 g/mol. The standard InChI is InChI=1S/C21H21N5OS/c1-3-26-19(13-16-9-5-4-6-10-16)24-25-21(26)28-15(2)20(27)23-18-12-8-7-11-17(18)14-22/h4-12,15H,3,13H2,1-2H3,(H,23,27)/t15-/m1/s1. The molecule has 28 heavy (non-hydrogen) atoms. The highest BCUT2D eigenvalue weighted by atomic mass is 32.2. The van der Waals surface area contributed by atoms with Crippen LogP contribution < -0.4 is 5.32 Å². The van der Waals surface area contributed by atoms with E-state index >= 15 is 0 Å². The van der Waals surface area contributed by atoms with Gasteiger partial charge < -0.3 is 9.88 Å². The lowest BCUT2D eigenvalue weighted by molar-refractivity contribution is -0.115. The molecule has 7 heteroatoms. The number of benzene rings is 2. The third kappa shape index (κ3) is 4.59. The van der Waals surface area contributed by atoms with Gasteiger partial charge >= 0.3 is 0 Å². The highest BCUT2D eigenvalue weighted by Gasteiger charge is 2.20. The van der Waals surface area contributed by atoms with Crippen LogP contribution >= 0.6 is 11.8 Å². The fourth-order valence-corrected chi connectivity index (χ4v) is 3.70. The summed E-state index contributed by atoms with van der Waals surface area (Å²) in [6.07, 6.45) is 0.693. The van der Waals surface area contributed by atoms with Crippen LogP contribution in [-0.4, -0.2) is 25.9 Å². The molecule has 0 aliphatic rings. The number of nitrogens with one attached hydrogen (secondary N) is 1. The summed E-state index contributed by atoms with van der Waals surface area (Å²) in [5, 5.41) is 20.9. The molecule has 6 nitrogen and oxygen atoms in total. The van der Waals surface area contributed by atoms with Gasteiger partial charge in [-0.15, -0.1) is 10.2 Å². The molecule has 142 valence electrons. The molecule has 1 heterocycles. The molecule has 1 atom stereocenters. The fraction of sp³-hybridized carbons (Fsp3) is 0.238. The van der Waals surface area contributed by atoms with Gasteiger partial charge in [-0.3, -0.25) is 4.79 Å². The molecular formula is C21H21N5OS. The van der Waals surface area contributed by atoms with Gasteiger partial charge in [-0.2, -0.15) is 5.26 Å². The van der Waals surface area contributed by atoms with Crippen molar-refractivity contribution < 1.29 is 4.79 Å². The zero-order chi connectivity index (χ0) is 19.9. The molecule has 0 radical (unpaired) electrons. The summed E-state index contributed by atoms with van der Waals surface area (Å²) in [5.74, 6) is 0.696. The maximum atomic E-state index is 12.6. The Labute approximate surface area is 168 Å². The van der Waals surface area contributed by atoms with Gasteiger partial charge in [0.05, 0.1) is 16.5 Å². The molecule has 0 spiro atoms. The smallest absolute Gasteiger partial charge is 0.237 e. The topological polar surface area (TPSA) is 83.6 Å². The number of nitrogens with zero attached hydrogens (tertiary/aromatic N) is 4. The van der Waals surface area contributed by atoms with E-state index in [1.165, 1.54) is 17.3 Å². The summed E-state index contributed by atoms with van der Waals surface area (Å²) in [6, 6.07) is 19.2. The van der Waals surface area contributed by atoms with Crippen molar-refractivity contribution in [2.75, 3.05) is 5.32 Å². The molecular weight excluding hydrogens is 370 g/mol. The van der Waals surface area contributed by atoms with E-state index in [9.17, 15) is 4.79 Å². The molecule has 3 aromatic rings. The van der Waals surface area contributed by atoms with Crippen LogP contribution in [0.25, 0.3) is 0 Å². The number of carbonyl (C=O) groups is 1. The number of hydrogen-bond acceptors (Lipinski definition) is 5. The molecule has 0 aliphatic carbocycles. The third-order valence-electron chi connectivity index (χ3n) is 4.27. The van der Waals surface area contributed by atoms with Crippen molar-refractivity contribution in [3.8, 4) is 6.07 Å². The van der Waals surface area contributed by atoms with E-state index in [4.69, 9.17) is 5.26 Å². The summed E-state index contributed by atoms with van der Waals surface area (Å²) >= 11 is 1.36. The quantitative estimate of drug-likeness (QED) is 0.618. The fourth-order valence-electron chi connectivity index (χ4n) is 2.77. The minimum Gasteiger partial charge on any atom is -0.324 e. The SMILES string of the molecule is CCn1c(Cc2ccccc2)nnc1S[C@H](C)C(=O)Nc1ccccc1C#N. The van der Waals surface area contributed by atoms with Gasteiger partial charge in [0.25, 0.3) is 0 Å². The minimum atomic E-state index is -0.383. The molecule has 0 unspecified atom stereocenters. The second kappa shape index (κ2) is 9.20. The molecule has 1 aromatic heterocycles. The Hall–Kier alpha value is -3.11. The second-order valence-electron chi connectivity index (χ2n) is 6.21. The van der Waals surface area contributed by atoms with Crippen LogP contribution in [0.5, 0.6) is 0 Å². The number of amides is 1. The summed E-state index contributed by atoms with van der Waals surface area (Å²) in [6.45, 7) is 4.58. The van der Waals surface area contributed by atoms with Crippen LogP contribution in [0.4, 0.5) is 5.69 Å². The number of aromatic nitrogens is 3. The molecule has 2 aromatic carbocycles. The maximum absolute atomic E-state index is 12.6. The van der Waals surface area contributed by atoms with E-state index in [2.05, 4.69) is 33.7 Å². The normalized spacial score (nSPS) is 11.6. The molecule has 0 fully saturated rings. The zero-order valence-corrected chi connectivity index (χ0v) is 16.6. The Morgan fingerprint density at radius 1 is 1.18 bits per heavy atom. The van der Waals surface area contributed by atoms with Crippen molar-refractivity contribution in [3.05, 3.63) is 71.5 Å². The lowest BCUT2D eigenvalue weighted by Crippen LogP contribution is -2.23. The van der Waals surface area contributed by atoms with Gasteiger partial charge in [0.1, 0.15) is 11.9 Å². The van der Waals surface area contributed by atoms with E-state index in [1.54, 1.807) is 24.3 Å². The number of nitriles is 1. The first kappa shape index (κ1) is 19.6. The van der Waals surface area contributed by atoms with Gasteiger partial charge in [-0.1, -0.05) is 54.2 Å². The first-order valence-corrected chi connectivity index (χ1v) is 9.93. The number of carbonyl (C=O) groups excluding carboxylic acids is 1. The number of thioether (sulfide) groups is 1. The van der Waals surface area contributed by atoms with Gasteiger partial charge in [-0.25, -0.2) is 0 Å². The van der Waals surface area contributed by atoms with E-state index < -0.39 is 0 Å². The number of hydrogen-bond donors (Lipinski definition) is 1. The Kier molecular flexibility index (Phi) is 6.45. The van der Waals surface area contributed by atoms with E-state index in [0.29, 0.717) is 22.8 Å². The Morgan fingerprint density at radius 2 is 1.89 bits per heavy atom. The van der Waals surface area contributed by atoms with Crippen LogP contribution in [0.3, 0.4) is 0 Å². The maximum Gasteiger partial charge on any atom is 0.237 e. The van der Waals surface area contributed by atoms with Crippen LogP contribution in [0, 0.1) is 11.3 Å². The highest BCUT2D eigenvalue weighted by molar-refractivity contribution is 8.00. The lowest BCUT2D eigenvalue weighted by Gasteiger charge is -2.13. The van der Waals surface area contributed by atoms with Gasteiger partial charge in [0.2, 0.25) is 5.91 Å². The molecule has 0 aliphatic heterocycles.